The lowest BCUT2D eigenvalue weighted by molar-refractivity contribution is 1.31. The Morgan fingerprint density at radius 2 is 0.744 bits per heavy atom. The molecule has 0 saturated carbocycles. The Balaban J connectivity index is 1.43. The summed E-state index contributed by atoms with van der Waals surface area (Å²) in [6.45, 7) is 0. The summed E-state index contributed by atoms with van der Waals surface area (Å²) < 4.78 is 0. The molecule has 0 bridgehead atoms. The standard InChI is InChI=1S/C42H27N/c1-3-12-28(13-4-1)29-24-26-32(27-25-29)43(31-16-5-2-6-17-31)42-36-19-8-7-18-35(36)40-37-22-10-15-30-14-9-20-33(39(30)37)34-21-11-23-38(42)41(34)40/h1-27H. The second-order valence-electron chi connectivity index (χ2n) is 11.3. The van der Waals surface area contributed by atoms with Crippen molar-refractivity contribution in [2.45, 2.75) is 0 Å². The van der Waals surface area contributed by atoms with Gasteiger partial charge in [0, 0.05) is 27.5 Å². The lowest BCUT2D eigenvalue weighted by Crippen LogP contribution is -2.11. The second-order valence-corrected chi connectivity index (χ2v) is 11.3. The first-order valence-electron chi connectivity index (χ1n) is 14.9. The fraction of sp³-hybridized carbons (Fsp3) is 0. The molecular formula is C42H27N. The van der Waals surface area contributed by atoms with Crippen LogP contribution in [-0.4, -0.2) is 0 Å². The van der Waals surface area contributed by atoms with Crippen LogP contribution in [0.3, 0.4) is 0 Å². The number of para-hydroxylation sites is 1. The monoisotopic (exact) mass is 545 g/mol. The normalized spacial score (nSPS) is 11.7. The highest BCUT2D eigenvalue weighted by Gasteiger charge is 2.23. The summed E-state index contributed by atoms with van der Waals surface area (Å²) in [5, 5.41) is 13.0. The summed E-state index contributed by atoms with van der Waals surface area (Å²) >= 11 is 0. The topological polar surface area (TPSA) is 3.24 Å². The van der Waals surface area contributed by atoms with E-state index in [1.54, 1.807) is 0 Å². The quantitative estimate of drug-likeness (QED) is 0.157. The van der Waals surface area contributed by atoms with Gasteiger partial charge in [-0.2, -0.15) is 0 Å². The van der Waals surface area contributed by atoms with E-state index in [4.69, 9.17) is 0 Å². The van der Waals surface area contributed by atoms with Gasteiger partial charge in [-0.05, 0) is 73.1 Å². The number of hydrogen-bond donors (Lipinski definition) is 0. The van der Waals surface area contributed by atoms with Crippen LogP contribution in [-0.2, 0) is 0 Å². The van der Waals surface area contributed by atoms with E-state index in [2.05, 4.69) is 169 Å². The Morgan fingerprint density at radius 3 is 1.49 bits per heavy atom. The van der Waals surface area contributed by atoms with Gasteiger partial charge in [-0.25, -0.2) is 0 Å². The minimum atomic E-state index is 1.13. The third-order valence-electron chi connectivity index (χ3n) is 8.96. The molecule has 0 atom stereocenters. The first-order chi connectivity index (χ1) is 21.4. The number of rotatable bonds is 4. The molecule has 43 heavy (non-hydrogen) atoms. The van der Waals surface area contributed by atoms with Crippen molar-refractivity contribution in [3.05, 3.63) is 164 Å². The molecule has 0 aromatic heterocycles. The van der Waals surface area contributed by atoms with Gasteiger partial charge in [0.15, 0.2) is 0 Å². The van der Waals surface area contributed by atoms with Crippen LogP contribution in [0.25, 0.3) is 65.0 Å². The summed E-state index contributed by atoms with van der Waals surface area (Å²) in [7, 11) is 0. The number of nitrogens with zero attached hydrogens (tertiary/aromatic N) is 1. The van der Waals surface area contributed by atoms with Gasteiger partial charge in [0.25, 0.3) is 0 Å². The van der Waals surface area contributed by atoms with Gasteiger partial charge >= 0.3 is 0 Å². The maximum atomic E-state index is 2.45. The van der Waals surface area contributed by atoms with Crippen molar-refractivity contribution in [3.8, 4) is 11.1 Å². The zero-order chi connectivity index (χ0) is 28.3. The minimum absolute atomic E-state index is 1.13. The third-order valence-corrected chi connectivity index (χ3v) is 8.96. The Kier molecular flexibility index (Phi) is 5.27. The predicted molar refractivity (Wildman–Crippen MR) is 185 cm³/mol. The molecule has 9 aromatic rings. The van der Waals surface area contributed by atoms with E-state index in [1.807, 2.05) is 0 Å². The van der Waals surface area contributed by atoms with Crippen molar-refractivity contribution in [2.75, 3.05) is 4.90 Å². The number of benzene rings is 9. The van der Waals surface area contributed by atoms with Crippen molar-refractivity contribution in [2.24, 2.45) is 0 Å². The van der Waals surface area contributed by atoms with Gasteiger partial charge < -0.3 is 4.90 Å². The average Bonchev–Trinajstić information content (AvgIpc) is 3.08. The van der Waals surface area contributed by atoms with Crippen molar-refractivity contribution < 1.29 is 0 Å². The first-order valence-corrected chi connectivity index (χ1v) is 14.9. The van der Waals surface area contributed by atoms with Gasteiger partial charge in [0.2, 0.25) is 0 Å². The van der Waals surface area contributed by atoms with Gasteiger partial charge in [-0.15, -0.1) is 0 Å². The van der Waals surface area contributed by atoms with E-state index in [1.165, 1.54) is 70.7 Å². The van der Waals surface area contributed by atoms with Crippen LogP contribution in [0.1, 0.15) is 0 Å². The fourth-order valence-electron chi connectivity index (χ4n) is 7.14. The van der Waals surface area contributed by atoms with E-state index in [0.29, 0.717) is 0 Å². The molecular weight excluding hydrogens is 518 g/mol. The first kappa shape index (κ1) is 24.0. The molecule has 0 fully saturated rings. The van der Waals surface area contributed by atoms with Gasteiger partial charge in [0.1, 0.15) is 0 Å². The van der Waals surface area contributed by atoms with Crippen molar-refractivity contribution >= 4 is 70.9 Å². The molecule has 9 rings (SSSR count). The molecule has 0 aliphatic rings. The molecule has 1 nitrogen and oxygen atoms in total. The summed E-state index contributed by atoms with van der Waals surface area (Å²) in [6.07, 6.45) is 0. The van der Waals surface area contributed by atoms with E-state index >= 15 is 0 Å². The van der Waals surface area contributed by atoms with E-state index in [9.17, 15) is 0 Å². The molecule has 0 saturated heterocycles. The third kappa shape index (κ3) is 3.58. The molecule has 0 amide bonds. The van der Waals surface area contributed by atoms with Crippen LogP contribution in [0.2, 0.25) is 0 Å². The number of hydrogen-bond acceptors (Lipinski definition) is 1. The summed E-state index contributed by atoms with van der Waals surface area (Å²) in [5.41, 5.74) is 5.92. The maximum Gasteiger partial charge on any atom is 0.0619 e. The molecule has 0 radical (unpaired) electrons. The smallest absolute Gasteiger partial charge is 0.0619 e. The Hall–Kier alpha value is -5.66. The lowest BCUT2D eigenvalue weighted by atomic mass is 9.86. The second kappa shape index (κ2) is 9.44. The fourth-order valence-corrected chi connectivity index (χ4v) is 7.14. The molecule has 200 valence electrons. The maximum absolute atomic E-state index is 2.45. The summed E-state index contributed by atoms with van der Waals surface area (Å²) in [6, 6.07) is 59.6. The van der Waals surface area contributed by atoms with Crippen LogP contribution >= 0.6 is 0 Å². The average molecular weight is 546 g/mol. The molecule has 0 spiro atoms. The highest BCUT2D eigenvalue weighted by Crippen LogP contribution is 2.50. The molecule has 9 aromatic carbocycles. The highest BCUT2D eigenvalue weighted by molar-refractivity contribution is 6.40. The molecule has 0 N–H and O–H groups in total. The van der Waals surface area contributed by atoms with E-state index in [0.717, 1.165) is 11.4 Å². The molecule has 0 unspecified atom stereocenters. The summed E-state index contributed by atoms with van der Waals surface area (Å²) in [4.78, 5) is 2.45. The molecule has 0 aliphatic heterocycles. The highest BCUT2D eigenvalue weighted by atomic mass is 15.1. The molecule has 0 heterocycles. The van der Waals surface area contributed by atoms with Crippen LogP contribution < -0.4 is 4.90 Å². The SMILES string of the molecule is c1ccc(-c2ccc(N(c3ccccc3)c3c4ccccc4c4c5cccc6cccc(c7cccc3c74)c65)cc2)cc1. The Bertz CT molecular complexity index is 2420. The van der Waals surface area contributed by atoms with Crippen LogP contribution in [0.4, 0.5) is 17.1 Å². The van der Waals surface area contributed by atoms with Gasteiger partial charge in [0.05, 0.1) is 5.69 Å². The van der Waals surface area contributed by atoms with Crippen molar-refractivity contribution in [1.82, 2.24) is 0 Å². The van der Waals surface area contributed by atoms with Gasteiger partial charge in [-0.3, -0.25) is 0 Å². The number of fused-ring (bicyclic) bond motifs is 4. The Labute approximate surface area is 250 Å². The zero-order valence-corrected chi connectivity index (χ0v) is 23.5. The molecule has 1 heteroatoms. The predicted octanol–water partition coefficient (Wildman–Crippen LogP) is 12.0. The van der Waals surface area contributed by atoms with Crippen LogP contribution in [0.15, 0.2) is 164 Å². The van der Waals surface area contributed by atoms with E-state index < -0.39 is 0 Å². The molecule has 0 aliphatic carbocycles. The van der Waals surface area contributed by atoms with Crippen molar-refractivity contribution in [1.29, 1.82) is 0 Å². The van der Waals surface area contributed by atoms with E-state index in [-0.39, 0.29) is 0 Å². The number of anilines is 3. The van der Waals surface area contributed by atoms with Crippen LogP contribution in [0.5, 0.6) is 0 Å². The lowest BCUT2D eigenvalue weighted by Gasteiger charge is -2.30. The van der Waals surface area contributed by atoms with Crippen LogP contribution in [0, 0.1) is 0 Å². The Morgan fingerprint density at radius 1 is 0.279 bits per heavy atom. The minimum Gasteiger partial charge on any atom is -0.309 e. The van der Waals surface area contributed by atoms with Gasteiger partial charge in [-0.1, -0.05) is 140 Å². The largest absolute Gasteiger partial charge is 0.309 e. The summed E-state index contributed by atoms with van der Waals surface area (Å²) in [5.74, 6) is 0. The zero-order valence-electron chi connectivity index (χ0n) is 23.5. The van der Waals surface area contributed by atoms with Crippen molar-refractivity contribution in [3.63, 3.8) is 0 Å².